The average Bonchev–Trinajstić information content (AvgIpc) is 3.30. The second kappa shape index (κ2) is 8.51. The van der Waals surface area contributed by atoms with Crippen molar-refractivity contribution in [1.82, 2.24) is 20.7 Å². The van der Waals surface area contributed by atoms with Crippen LogP contribution in [-0.4, -0.2) is 48.2 Å². The number of guanidine groups is 1. The van der Waals surface area contributed by atoms with Crippen molar-refractivity contribution in [3.8, 4) is 0 Å². The van der Waals surface area contributed by atoms with Gasteiger partial charge in [0.1, 0.15) is 0 Å². The number of nitrogens with one attached hydrogen (secondary N) is 2. The Labute approximate surface area is 145 Å². The second-order valence-corrected chi connectivity index (χ2v) is 6.96. The SMILES string of the molecule is CCc1cc(CNC(=NC)NC2CCN(C3CCCC3)CC2)on1. The first-order valence-electron chi connectivity index (χ1n) is 9.44. The molecule has 6 heteroatoms. The van der Waals surface area contributed by atoms with Gasteiger partial charge in [0, 0.05) is 38.3 Å². The van der Waals surface area contributed by atoms with E-state index in [4.69, 9.17) is 4.52 Å². The Bertz CT molecular complexity index is 527. The molecule has 0 bridgehead atoms. The van der Waals surface area contributed by atoms with Gasteiger partial charge >= 0.3 is 0 Å². The Balaban J connectivity index is 1.41. The predicted molar refractivity (Wildman–Crippen MR) is 96.1 cm³/mol. The first-order chi connectivity index (χ1) is 11.8. The van der Waals surface area contributed by atoms with Crippen LogP contribution in [0.5, 0.6) is 0 Å². The van der Waals surface area contributed by atoms with Gasteiger partial charge in [0.15, 0.2) is 11.7 Å². The summed E-state index contributed by atoms with van der Waals surface area (Å²) in [6.07, 6.45) is 8.92. The van der Waals surface area contributed by atoms with Crippen molar-refractivity contribution < 1.29 is 4.52 Å². The van der Waals surface area contributed by atoms with Gasteiger partial charge in [-0.15, -0.1) is 0 Å². The molecule has 3 rings (SSSR count). The standard InChI is InChI=1S/C18H31N5O/c1-3-14-12-17(24-22-14)13-20-18(19-2)21-15-8-10-23(11-9-15)16-6-4-5-7-16/h12,15-16H,3-11,13H2,1-2H3,(H2,19,20,21). The molecule has 0 radical (unpaired) electrons. The molecule has 0 amide bonds. The number of likely N-dealkylation sites (tertiary alicyclic amines) is 1. The van der Waals surface area contributed by atoms with E-state index < -0.39 is 0 Å². The molecule has 2 aliphatic rings. The van der Waals surface area contributed by atoms with Crippen LogP contribution in [0, 0.1) is 0 Å². The van der Waals surface area contributed by atoms with Crippen LogP contribution in [-0.2, 0) is 13.0 Å². The lowest BCUT2D eigenvalue weighted by Gasteiger charge is -2.36. The topological polar surface area (TPSA) is 65.7 Å². The van der Waals surface area contributed by atoms with E-state index >= 15 is 0 Å². The first-order valence-corrected chi connectivity index (χ1v) is 9.44. The summed E-state index contributed by atoms with van der Waals surface area (Å²) < 4.78 is 5.31. The minimum atomic E-state index is 0.509. The molecule has 0 atom stereocenters. The Morgan fingerprint density at radius 3 is 2.67 bits per heavy atom. The van der Waals surface area contributed by atoms with E-state index in [0.29, 0.717) is 12.6 Å². The molecule has 0 aromatic carbocycles. The second-order valence-electron chi connectivity index (χ2n) is 6.96. The highest BCUT2D eigenvalue weighted by Crippen LogP contribution is 2.26. The zero-order valence-corrected chi connectivity index (χ0v) is 15.1. The monoisotopic (exact) mass is 333 g/mol. The number of nitrogens with zero attached hydrogens (tertiary/aromatic N) is 3. The summed E-state index contributed by atoms with van der Waals surface area (Å²) >= 11 is 0. The van der Waals surface area contributed by atoms with Gasteiger partial charge in [-0.05, 0) is 32.1 Å². The summed E-state index contributed by atoms with van der Waals surface area (Å²) in [5.41, 5.74) is 0.994. The van der Waals surface area contributed by atoms with Crippen LogP contribution in [0.25, 0.3) is 0 Å². The zero-order valence-electron chi connectivity index (χ0n) is 15.1. The van der Waals surface area contributed by atoms with Gasteiger partial charge in [-0.25, -0.2) is 0 Å². The number of aliphatic imine (C=N–C) groups is 1. The lowest BCUT2D eigenvalue weighted by molar-refractivity contribution is 0.150. The van der Waals surface area contributed by atoms with Crippen LogP contribution in [0.4, 0.5) is 0 Å². The van der Waals surface area contributed by atoms with Gasteiger partial charge in [0.05, 0.1) is 12.2 Å². The number of hydrogen-bond acceptors (Lipinski definition) is 4. The van der Waals surface area contributed by atoms with Gasteiger partial charge < -0.3 is 20.1 Å². The molecule has 1 aromatic rings. The molecule has 24 heavy (non-hydrogen) atoms. The Morgan fingerprint density at radius 1 is 1.29 bits per heavy atom. The number of rotatable bonds is 5. The Hall–Kier alpha value is -1.56. The van der Waals surface area contributed by atoms with Crippen molar-refractivity contribution in [2.24, 2.45) is 4.99 Å². The maximum atomic E-state index is 5.31. The highest BCUT2D eigenvalue weighted by molar-refractivity contribution is 5.79. The van der Waals surface area contributed by atoms with Gasteiger partial charge in [-0.2, -0.15) is 0 Å². The molecule has 1 saturated carbocycles. The lowest BCUT2D eigenvalue weighted by atomic mass is 10.0. The molecule has 6 nitrogen and oxygen atoms in total. The van der Waals surface area contributed by atoms with E-state index in [-0.39, 0.29) is 0 Å². The number of piperidine rings is 1. The van der Waals surface area contributed by atoms with Crippen molar-refractivity contribution in [1.29, 1.82) is 0 Å². The van der Waals surface area contributed by atoms with Gasteiger partial charge in [0.2, 0.25) is 0 Å². The molecule has 2 fully saturated rings. The summed E-state index contributed by atoms with van der Waals surface area (Å²) in [5, 5.41) is 10.9. The third kappa shape index (κ3) is 4.50. The Kier molecular flexibility index (Phi) is 6.12. The van der Waals surface area contributed by atoms with Crippen LogP contribution in [0.15, 0.2) is 15.6 Å². The highest BCUT2D eigenvalue weighted by Gasteiger charge is 2.27. The Morgan fingerprint density at radius 2 is 2.04 bits per heavy atom. The zero-order chi connectivity index (χ0) is 16.8. The summed E-state index contributed by atoms with van der Waals surface area (Å²) in [6, 6.07) is 3.36. The van der Waals surface area contributed by atoms with Crippen LogP contribution in [0.2, 0.25) is 0 Å². The molecule has 1 aromatic heterocycles. The fourth-order valence-electron chi connectivity index (χ4n) is 3.84. The molecular weight excluding hydrogens is 302 g/mol. The van der Waals surface area contributed by atoms with Crippen molar-refractivity contribution >= 4 is 5.96 Å². The minimum absolute atomic E-state index is 0.509. The third-order valence-electron chi connectivity index (χ3n) is 5.34. The summed E-state index contributed by atoms with van der Waals surface area (Å²) in [5.74, 6) is 1.70. The van der Waals surface area contributed by atoms with E-state index in [0.717, 1.165) is 29.9 Å². The smallest absolute Gasteiger partial charge is 0.191 e. The number of hydrogen-bond donors (Lipinski definition) is 2. The van der Waals surface area contributed by atoms with E-state index in [2.05, 4.69) is 32.6 Å². The normalized spacial score (nSPS) is 21.3. The molecule has 1 aliphatic carbocycles. The summed E-state index contributed by atoms with van der Waals surface area (Å²) in [7, 11) is 1.82. The molecule has 2 N–H and O–H groups in total. The molecule has 2 heterocycles. The fourth-order valence-corrected chi connectivity index (χ4v) is 3.84. The van der Waals surface area contributed by atoms with Crippen molar-refractivity contribution in [3.63, 3.8) is 0 Å². The van der Waals surface area contributed by atoms with Crippen LogP contribution in [0.3, 0.4) is 0 Å². The number of aryl methyl sites for hydroxylation is 1. The van der Waals surface area contributed by atoms with Gasteiger partial charge in [-0.1, -0.05) is 24.9 Å². The molecule has 0 unspecified atom stereocenters. The molecular formula is C18H31N5O. The van der Waals surface area contributed by atoms with Crippen molar-refractivity contribution in [2.45, 2.75) is 70.5 Å². The van der Waals surface area contributed by atoms with Crippen LogP contribution >= 0.6 is 0 Å². The van der Waals surface area contributed by atoms with Crippen molar-refractivity contribution in [2.75, 3.05) is 20.1 Å². The van der Waals surface area contributed by atoms with Gasteiger partial charge in [-0.3, -0.25) is 4.99 Å². The third-order valence-corrected chi connectivity index (χ3v) is 5.34. The summed E-state index contributed by atoms with van der Waals surface area (Å²) in [4.78, 5) is 7.04. The van der Waals surface area contributed by atoms with Gasteiger partial charge in [0.25, 0.3) is 0 Å². The first kappa shape index (κ1) is 17.3. The fraction of sp³-hybridized carbons (Fsp3) is 0.778. The van der Waals surface area contributed by atoms with Crippen molar-refractivity contribution in [3.05, 3.63) is 17.5 Å². The van der Waals surface area contributed by atoms with Crippen LogP contribution in [0.1, 0.15) is 56.9 Å². The van der Waals surface area contributed by atoms with E-state index in [1.807, 2.05) is 13.1 Å². The highest BCUT2D eigenvalue weighted by atomic mass is 16.5. The van der Waals surface area contributed by atoms with Crippen LogP contribution < -0.4 is 10.6 Å². The summed E-state index contributed by atoms with van der Waals surface area (Å²) in [6.45, 7) is 5.11. The maximum absolute atomic E-state index is 5.31. The molecule has 1 aliphatic heterocycles. The van der Waals surface area contributed by atoms with E-state index in [9.17, 15) is 0 Å². The molecule has 134 valence electrons. The number of aromatic nitrogens is 1. The quantitative estimate of drug-likeness (QED) is 0.639. The predicted octanol–water partition coefficient (Wildman–Crippen LogP) is 2.31. The maximum Gasteiger partial charge on any atom is 0.191 e. The minimum Gasteiger partial charge on any atom is -0.359 e. The average molecular weight is 333 g/mol. The van der Waals surface area contributed by atoms with E-state index in [1.54, 1.807) is 0 Å². The molecule has 1 saturated heterocycles. The molecule has 0 spiro atoms. The lowest BCUT2D eigenvalue weighted by Crippen LogP contribution is -2.50. The largest absolute Gasteiger partial charge is 0.359 e. The van der Waals surface area contributed by atoms with E-state index in [1.165, 1.54) is 51.6 Å².